The quantitative estimate of drug-likeness (QED) is 0.884. The van der Waals surface area contributed by atoms with E-state index >= 15 is 0 Å². The summed E-state index contributed by atoms with van der Waals surface area (Å²) in [5.74, 6) is 0. The molecule has 0 atom stereocenters. The van der Waals surface area contributed by atoms with Gasteiger partial charge in [-0.15, -0.1) is 0 Å². The number of anilines is 1. The first-order valence-corrected chi connectivity index (χ1v) is 9.87. The van der Waals surface area contributed by atoms with Gasteiger partial charge in [0.15, 0.2) is 0 Å². The molecule has 1 aromatic carbocycles. The van der Waals surface area contributed by atoms with Crippen LogP contribution in [0.2, 0.25) is 0 Å². The van der Waals surface area contributed by atoms with E-state index in [1.807, 2.05) is 24.4 Å². The number of halogens is 1. The van der Waals surface area contributed by atoms with E-state index in [1.165, 1.54) is 6.26 Å². The van der Waals surface area contributed by atoms with Gasteiger partial charge in [-0.3, -0.25) is 4.98 Å². The average molecular weight is 384 g/mol. The third-order valence-electron chi connectivity index (χ3n) is 3.90. The Morgan fingerprint density at radius 1 is 1.27 bits per heavy atom. The van der Waals surface area contributed by atoms with Gasteiger partial charge < -0.3 is 4.90 Å². The molecule has 2 aromatic rings. The molecule has 0 aliphatic carbocycles. The minimum Gasteiger partial charge on any atom is -0.371 e. The molecule has 1 N–H and O–H groups in total. The molecule has 1 aliphatic rings. The smallest absolute Gasteiger partial charge is 0.208 e. The van der Waals surface area contributed by atoms with E-state index in [9.17, 15) is 8.42 Å². The van der Waals surface area contributed by atoms with Crippen LogP contribution in [0.3, 0.4) is 0 Å². The van der Waals surface area contributed by atoms with Crippen LogP contribution in [0.25, 0.3) is 10.9 Å². The molecular formula is C15H18BrN3O2S. The lowest BCUT2D eigenvalue weighted by Gasteiger charge is -2.34. The van der Waals surface area contributed by atoms with Gasteiger partial charge >= 0.3 is 0 Å². The van der Waals surface area contributed by atoms with Crippen molar-refractivity contribution in [2.45, 2.75) is 18.9 Å². The second-order valence-electron chi connectivity index (χ2n) is 5.64. The van der Waals surface area contributed by atoms with Gasteiger partial charge in [-0.25, -0.2) is 13.1 Å². The number of aromatic nitrogens is 1. The molecule has 0 radical (unpaired) electrons. The summed E-state index contributed by atoms with van der Waals surface area (Å²) in [5.41, 5.74) is 2.12. The van der Waals surface area contributed by atoms with Crippen LogP contribution >= 0.6 is 15.9 Å². The zero-order chi connectivity index (χ0) is 15.7. The molecule has 0 spiro atoms. The molecule has 3 rings (SSSR count). The molecule has 1 aromatic heterocycles. The van der Waals surface area contributed by atoms with Gasteiger partial charge in [0.25, 0.3) is 0 Å². The van der Waals surface area contributed by atoms with E-state index < -0.39 is 10.0 Å². The van der Waals surface area contributed by atoms with E-state index in [1.54, 1.807) is 0 Å². The summed E-state index contributed by atoms with van der Waals surface area (Å²) in [6.07, 6.45) is 4.67. The number of hydrogen-bond donors (Lipinski definition) is 1. The lowest BCUT2D eigenvalue weighted by atomic mass is 10.0. The number of nitrogens with one attached hydrogen (secondary N) is 1. The number of sulfonamides is 1. The van der Waals surface area contributed by atoms with Gasteiger partial charge in [-0.05, 0) is 37.1 Å². The van der Waals surface area contributed by atoms with Crippen LogP contribution in [0.4, 0.5) is 5.69 Å². The molecule has 0 saturated carbocycles. The highest BCUT2D eigenvalue weighted by Crippen LogP contribution is 2.29. The number of hydrogen-bond acceptors (Lipinski definition) is 4. The predicted molar refractivity (Wildman–Crippen MR) is 92.7 cm³/mol. The molecule has 2 heterocycles. The van der Waals surface area contributed by atoms with Crippen LogP contribution in [-0.4, -0.2) is 38.8 Å². The van der Waals surface area contributed by atoms with Crippen molar-refractivity contribution in [3.05, 3.63) is 34.9 Å². The molecule has 118 valence electrons. The van der Waals surface area contributed by atoms with Gasteiger partial charge in [0, 0.05) is 40.9 Å². The Morgan fingerprint density at radius 2 is 2.00 bits per heavy atom. The standard InChI is InChI=1S/C15H18BrN3O2S/c1-22(20,21)18-12-5-8-19(9-6-12)15-4-7-17-14-10-11(16)2-3-13(14)15/h2-4,7,10,12,18H,5-6,8-9H2,1H3. The maximum absolute atomic E-state index is 11.3. The van der Waals surface area contributed by atoms with Crippen LogP contribution in [0, 0.1) is 0 Å². The fourth-order valence-corrected chi connectivity index (χ4v) is 4.11. The van der Waals surface area contributed by atoms with Crippen molar-refractivity contribution in [3.63, 3.8) is 0 Å². The second-order valence-corrected chi connectivity index (χ2v) is 8.34. The van der Waals surface area contributed by atoms with E-state index in [0.717, 1.165) is 47.0 Å². The second kappa shape index (κ2) is 6.14. The topological polar surface area (TPSA) is 62.3 Å². The highest BCUT2D eigenvalue weighted by atomic mass is 79.9. The first-order chi connectivity index (χ1) is 10.4. The third kappa shape index (κ3) is 3.59. The van der Waals surface area contributed by atoms with Crippen LogP contribution in [-0.2, 0) is 10.0 Å². The Labute approximate surface area is 138 Å². The largest absolute Gasteiger partial charge is 0.371 e. The normalized spacial score (nSPS) is 17.1. The van der Waals surface area contributed by atoms with Crippen molar-refractivity contribution < 1.29 is 8.42 Å². The third-order valence-corrected chi connectivity index (χ3v) is 5.15. The maximum atomic E-state index is 11.3. The molecular weight excluding hydrogens is 366 g/mol. The zero-order valence-corrected chi connectivity index (χ0v) is 14.7. The van der Waals surface area contributed by atoms with Gasteiger partial charge in [0.2, 0.25) is 10.0 Å². The Hall–Kier alpha value is -1.18. The van der Waals surface area contributed by atoms with Crippen molar-refractivity contribution >= 4 is 42.5 Å². The molecule has 0 unspecified atom stereocenters. The molecule has 5 nitrogen and oxygen atoms in total. The van der Waals surface area contributed by atoms with Crippen LogP contribution in [0.5, 0.6) is 0 Å². The monoisotopic (exact) mass is 383 g/mol. The van der Waals surface area contributed by atoms with Gasteiger partial charge in [0.1, 0.15) is 0 Å². The summed E-state index contributed by atoms with van der Waals surface area (Å²) in [5, 5.41) is 1.13. The molecule has 22 heavy (non-hydrogen) atoms. The molecule has 0 bridgehead atoms. The highest BCUT2D eigenvalue weighted by molar-refractivity contribution is 9.10. The summed E-state index contributed by atoms with van der Waals surface area (Å²) in [4.78, 5) is 6.72. The first kappa shape index (κ1) is 15.7. The summed E-state index contributed by atoms with van der Waals surface area (Å²) >= 11 is 3.47. The average Bonchev–Trinajstić information content (AvgIpc) is 2.45. The van der Waals surface area contributed by atoms with Crippen molar-refractivity contribution in [2.75, 3.05) is 24.2 Å². The fraction of sp³-hybridized carbons (Fsp3) is 0.400. The predicted octanol–water partition coefficient (Wildman–Crippen LogP) is 2.52. The fourth-order valence-electron chi connectivity index (χ4n) is 2.92. The van der Waals surface area contributed by atoms with Gasteiger partial charge in [0.05, 0.1) is 11.8 Å². The number of fused-ring (bicyclic) bond motifs is 1. The number of rotatable bonds is 3. The number of nitrogens with zero attached hydrogens (tertiary/aromatic N) is 2. The van der Waals surface area contributed by atoms with Crippen LogP contribution in [0.1, 0.15) is 12.8 Å². The SMILES string of the molecule is CS(=O)(=O)NC1CCN(c2ccnc3cc(Br)ccc23)CC1. The van der Waals surface area contributed by atoms with Crippen molar-refractivity contribution in [1.82, 2.24) is 9.71 Å². The minimum atomic E-state index is -3.13. The van der Waals surface area contributed by atoms with E-state index in [0.29, 0.717) is 0 Å². The van der Waals surface area contributed by atoms with E-state index in [4.69, 9.17) is 0 Å². The van der Waals surface area contributed by atoms with Crippen molar-refractivity contribution in [1.29, 1.82) is 0 Å². The number of pyridine rings is 1. The summed E-state index contributed by atoms with van der Waals surface area (Å²) < 4.78 is 26.4. The Balaban J connectivity index is 1.79. The first-order valence-electron chi connectivity index (χ1n) is 7.19. The number of piperidine rings is 1. The Bertz CT molecular complexity index is 786. The molecule has 7 heteroatoms. The summed E-state index contributed by atoms with van der Waals surface area (Å²) in [7, 11) is -3.13. The van der Waals surface area contributed by atoms with Crippen molar-refractivity contribution in [3.8, 4) is 0 Å². The zero-order valence-electron chi connectivity index (χ0n) is 12.3. The van der Waals surface area contributed by atoms with Crippen LogP contribution < -0.4 is 9.62 Å². The van der Waals surface area contributed by atoms with E-state index in [-0.39, 0.29) is 6.04 Å². The van der Waals surface area contributed by atoms with Gasteiger partial charge in [-0.2, -0.15) is 0 Å². The Morgan fingerprint density at radius 3 is 2.68 bits per heavy atom. The molecule has 1 aliphatic heterocycles. The maximum Gasteiger partial charge on any atom is 0.208 e. The minimum absolute atomic E-state index is 0.0356. The van der Waals surface area contributed by atoms with E-state index in [2.05, 4.69) is 36.6 Å². The van der Waals surface area contributed by atoms with Gasteiger partial charge in [-0.1, -0.05) is 15.9 Å². The van der Waals surface area contributed by atoms with Crippen LogP contribution in [0.15, 0.2) is 34.9 Å². The summed E-state index contributed by atoms with van der Waals surface area (Å²) in [6, 6.07) is 8.17. The molecule has 1 saturated heterocycles. The molecule has 1 fully saturated rings. The summed E-state index contributed by atoms with van der Waals surface area (Å²) in [6.45, 7) is 1.67. The van der Waals surface area contributed by atoms with Crippen molar-refractivity contribution in [2.24, 2.45) is 0 Å². The Kier molecular flexibility index (Phi) is 4.38. The molecule has 0 amide bonds. The number of benzene rings is 1. The highest BCUT2D eigenvalue weighted by Gasteiger charge is 2.22. The lowest BCUT2D eigenvalue weighted by molar-refractivity contribution is 0.462. The lowest BCUT2D eigenvalue weighted by Crippen LogP contribution is -2.44.